The van der Waals surface area contributed by atoms with Crippen LogP contribution in [0.1, 0.15) is 24.0 Å². The predicted molar refractivity (Wildman–Crippen MR) is 104 cm³/mol. The predicted octanol–water partition coefficient (Wildman–Crippen LogP) is 3.48. The van der Waals surface area contributed by atoms with Crippen molar-refractivity contribution in [2.24, 2.45) is 5.73 Å². The van der Waals surface area contributed by atoms with Gasteiger partial charge in [-0.1, -0.05) is 30.3 Å². The lowest BCUT2D eigenvalue weighted by Gasteiger charge is -2.28. The number of ether oxygens (including phenoxy) is 3. The third kappa shape index (κ3) is 3.55. The SMILES string of the molecule is CCOC(=O)C1=C(c2ccc(OC)cc2)OC(N)=C(C#N)[C@H]1c1ccccc1. The van der Waals surface area contributed by atoms with Crippen LogP contribution in [0.4, 0.5) is 0 Å². The van der Waals surface area contributed by atoms with Gasteiger partial charge in [-0.25, -0.2) is 4.79 Å². The van der Waals surface area contributed by atoms with Crippen LogP contribution in [0, 0.1) is 11.3 Å². The average Bonchev–Trinajstić information content (AvgIpc) is 2.73. The molecule has 1 heterocycles. The Hall–Kier alpha value is -3.72. The molecular weight excluding hydrogens is 356 g/mol. The second-order valence-corrected chi connectivity index (χ2v) is 6.03. The molecule has 1 atom stereocenters. The smallest absolute Gasteiger partial charge is 0.338 e. The molecule has 0 unspecified atom stereocenters. The Morgan fingerprint density at radius 3 is 2.43 bits per heavy atom. The molecule has 0 radical (unpaired) electrons. The molecule has 2 N–H and O–H groups in total. The fourth-order valence-corrected chi connectivity index (χ4v) is 3.11. The van der Waals surface area contributed by atoms with E-state index in [0.29, 0.717) is 11.3 Å². The fourth-order valence-electron chi connectivity index (χ4n) is 3.11. The van der Waals surface area contributed by atoms with Crippen LogP contribution in [0.2, 0.25) is 0 Å². The highest BCUT2D eigenvalue weighted by atomic mass is 16.5. The summed E-state index contributed by atoms with van der Waals surface area (Å²) >= 11 is 0. The van der Waals surface area contributed by atoms with Gasteiger partial charge in [-0.3, -0.25) is 0 Å². The van der Waals surface area contributed by atoms with Crippen LogP contribution in [0.15, 0.2) is 71.6 Å². The van der Waals surface area contributed by atoms with Crippen molar-refractivity contribution in [3.05, 3.63) is 82.8 Å². The summed E-state index contributed by atoms with van der Waals surface area (Å²) in [4.78, 5) is 12.9. The van der Waals surface area contributed by atoms with E-state index in [2.05, 4.69) is 6.07 Å². The standard InChI is InChI=1S/C22H20N2O4/c1-3-27-22(25)19-18(14-7-5-4-6-8-14)17(13-23)21(24)28-20(19)15-9-11-16(26-2)12-10-15/h4-12,18H,3,24H2,1-2H3/t18-/m1/s1. The van der Waals surface area contributed by atoms with Gasteiger partial charge in [0, 0.05) is 5.56 Å². The minimum atomic E-state index is -0.684. The molecule has 0 spiro atoms. The largest absolute Gasteiger partial charge is 0.497 e. The minimum Gasteiger partial charge on any atom is -0.497 e. The lowest BCUT2D eigenvalue weighted by Crippen LogP contribution is -2.25. The monoisotopic (exact) mass is 376 g/mol. The van der Waals surface area contributed by atoms with E-state index in [1.807, 2.05) is 30.3 Å². The van der Waals surface area contributed by atoms with Crippen molar-refractivity contribution in [2.75, 3.05) is 13.7 Å². The summed E-state index contributed by atoms with van der Waals surface area (Å²) < 4.78 is 16.2. The van der Waals surface area contributed by atoms with Gasteiger partial charge in [-0.2, -0.15) is 5.26 Å². The van der Waals surface area contributed by atoms with E-state index in [-0.39, 0.29) is 29.4 Å². The van der Waals surface area contributed by atoms with Crippen molar-refractivity contribution in [3.63, 3.8) is 0 Å². The van der Waals surface area contributed by atoms with E-state index in [1.165, 1.54) is 0 Å². The number of benzene rings is 2. The Bertz CT molecular complexity index is 970. The van der Waals surface area contributed by atoms with Crippen LogP contribution < -0.4 is 10.5 Å². The van der Waals surface area contributed by atoms with Crippen molar-refractivity contribution < 1.29 is 19.0 Å². The normalized spacial score (nSPS) is 16.2. The summed E-state index contributed by atoms with van der Waals surface area (Å²) in [6.45, 7) is 1.92. The van der Waals surface area contributed by atoms with E-state index in [9.17, 15) is 10.1 Å². The molecule has 2 aromatic rings. The van der Waals surface area contributed by atoms with Crippen molar-refractivity contribution in [1.29, 1.82) is 5.26 Å². The van der Waals surface area contributed by atoms with Gasteiger partial charge in [0.15, 0.2) is 0 Å². The Kier molecular flexibility index (Phi) is 5.66. The number of hydrogen-bond donors (Lipinski definition) is 1. The molecule has 0 fully saturated rings. The number of esters is 1. The van der Waals surface area contributed by atoms with Gasteiger partial charge in [0.25, 0.3) is 0 Å². The van der Waals surface area contributed by atoms with Gasteiger partial charge < -0.3 is 19.9 Å². The molecule has 0 saturated heterocycles. The van der Waals surface area contributed by atoms with Crippen LogP contribution in [-0.2, 0) is 14.3 Å². The van der Waals surface area contributed by atoms with Crippen LogP contribution in [-0.4, -0.2) is 19.7 Å². The number of nitrogens with two attached hydrogens (primary N) is 1. The Morgan fingerprint density at radius 2 is 1.86 bits per heavy atom. The summed E-state index contributed by atoms with van der Waals surface area (Å²) in [6, 6.07) is 18.3. The Morgan fingerprint density at radius 1 is 1.18 bits per heavy atom. The zero-order valence-electron chi connectivity index (χ0n) is 15.6. The molecule has 0 bridgehead atoms. The maximum absolute atomic E-state index is 12.9. The van der Waals surface area contributed by atoms with Crippen molar-refractivity contribution in [3.8, 4) is 11.8 Å². The molecule has 2 aromatic carbocycles. The number of methoxy groups -OCH3 is 1. The van der Waals surface area contributed by atoms with E-state index in [0.717, 1.165) is 5.56 Å². The lowest BCUT2D eigenvalue weighted by atomic mass is 9.82. The van der Waals surface area contributed by atoms with Crippen molar-refractivity contribution in [2.45, 2.75) is 12.8 Å². The lowest BCUT2D eigenvalue weighted by molar-refractivity contribution is -0.138. The van der Waals surface area contributed by atoms with E-state index in [1.54, 1.807) is 38.3 Å². The molecule has 28 heavy (non-hydrogen) atoms. The van der Waals surface area contributed by atoms with Crippen LogP contribution in [0.3, 0.4) is 0 Å². The molecular formula is C22H20N2O4. The molecule has 0 aromatic heterocycles. The molecule has 0 aliphatic carbocycles. The first kappa shape index (κ1) is 19.1. The minimum absolute atomic E-state index is 0.0322. The maximum atomic E-state index is 12.9. The van der Waals surface area contributed by atoms with Crippen LogP contribution >= 0.6 is 0 Å². The quantitative estimate of drug-likeness (QED) is 0.803. The van der Waals surface area contributed by atoms with E-state index in [4.69, 9.17) is 19.9 Å². The van der Waals surface area contributed by atoms with Gasteiger partial charge in [-0.15, -0.1) is 0 Å². The summed E-state index contributed by atoms with van der Waals surface area (Å²) in [5.74, 6) is -0.334. The first-order valence-corrected chi connectivity index (χ1v) is 8.79. The second kappa shape index (κ2) is 8.31. The van der Waals surface area contributed by atoms with Crippen LogP contribution in [0.25, 0.3) is 5.76 Å². The molecule has 1 aliphatic rings. The summed E-state index contributed by atoms with van der Waals surface area (Å²) in [5.41, 5.74) is 7.85. The molecule has 3 rings (SSSR count). The average molecular weight is 376 g/mol. The first-order chi connectivity index (χ1) is 13.6. The number of allylic oxidation sites excluding steroid dienone is 1. The van der Waals surface area contributed by atoms with Crippen LogP contribution in [0.5, 0.6) is 5.75 Å². The third-order valence-electron chi connectivity index (χ3n) is 4.40. The van der Waals surface area contributed by atoms with Gasteiger partial charge in [-0.05, 0) is 36.8 Å². The number of nitrogens with zero attached hydrogens (tertiary/aromatic N) is 1. The number of carbonyl (C=O) groups is 1. The zero-order chi connectivity index (χ0) is 20.1. The third-order valence-corrected chi connectivity index (χ3v) is 4.40. The molecule has 6 heteroatoms. The second-order valence-electron chi connectivity index (χ2n) is 6.03. The molecule has 1 aliphatic heterocycles. The van der Waals surface area contributed by atoms with E-state index < -0.39 is 11.9 Å². The number of hydrogen-bond acceptors (Lipinski definition) is 6. The fraction of sp³-hybridized carbons (Fsp3) is 0.182. The summed E-state index contributed by atoms with van der Waals surface area (Å²) in [6.07, 6.45) is 0. The van der Waals surface area contributed by atoms with Crippen molar-refractivity contribution in [1.82, 2.24) is 0 Å². The first-order valence-electron chi connectivity index (χ1n) is 8.79. The number of nitriles is 1. The highest BCUT2D eigenvalue weighted by Gasteiger charge is 2.38. The summed E-state index contributed by atoms with van der Waals surface area (Å²) in [7, 11) is 1.57. The molecule has 142 valence electrons. The van der Waals surface area contributed by atoms with E-state index >= 15 is 0 Å². The maximum Gasteiger partial charge on any atom is 0.338 e. The highest BCUT2D eigenvalue weighted by Crippen LogP contribution is 2.42. The Balaban J connectivity index is 2.24. The van der Waals surface area contributed by atoms with Gasteiger partial charge >= 0.3 is 5.97 Å². The van der Waals surface area contributed by atoms with Gasteiger partial charge in [0.05, 0.1) is 25.2 Å². The summed E-state index contributed by atoms with van der Waals surface area (Å²) in [5, 5.41) is 9.69. The van der Waals surface area contributed by atoms with Gasteiger partial charge in [0.2, 0.25) is 5.88 Å². The Labute approximate surface area is 163 Å². The number of rotatable bonds is 5. The van der Waals surface area contributed by atoms with Gasteiger partial charge in [0.1, 0.15) is 23.2 Å². The highest BCUT2D eigenvalue weighted by molar-refractivity contribution is 5.99. The molecule has 0 saturated carbocycles. The molecule has 6 nitrogen and oxygen atoms in total. The zero-order valence-corrected chi connectivity index (χ0v) is 15.6. The number of carbonyl (C=O) groups excluding carboxylic acids is 1. The molecule has 0 amide bonds. The van der Waals surface area contributed by atoms with Crippen molar-refractivity contribution >= 4 is 11.7 Å². The topological polar surface area (TPSA) is 94.6 Å².